The number of rotatable bonds is 2. The Hall–Kier alpha value is -1.84. The third-order valence-electron chi connectivity index (χ3n) is 3.07. The standard InChI is InChI=1S/C12H13NO3/c1-13-10(14)7-9(11(13)12(15)16)8-5-3-2-4-6-8/h2-6,9,11H,7H2,1H3,(H,15,16)/t9-,11-/m0/s1. The van der Waals surface area contributed by atoms with Crippen LogP contribution in [0, 0.1) is 0 Å². The number of carboxylic acids is 1. The minimum Gasteiger partial charge on any atom is -0.480 e. The van der Waals surface area contributed by atoms with Crippen molar-refractivity contribution in [1.82, 2.24) is 4.90 Å². The molecule has 0 aromatic heterocycles. The number of amides is 1. The van der Waals surface area contributed by atoms with Gasteiger partial charge < -0.3 is 10.0 Å². The monoisotopic (exact) mass is 219 g/mol. The molecule has 4 nitrogen and oxygen atoms in total. The van der Waals surface area contributed by atoms with E-state index in [0.717, 1.165) is 5.56 Å². The van der Waals surface area contributed by atoms with Crippen molar-refractivity contribution < 1.29 is 14.7 Å². The van der Waals surface area contributed by atoms with Crippen LogP contribution in [0.5, 0.6) is 0 Å². The molecule has 16 heavy (non-hydrogen) atoms. The largest absolute Gasteiger partial charge is 0.480 e. The molecule has 84 valence electrons. The third kappa shape index (κ3) is 1.66. The molecule has 0 saturated carbocycles. The first kappa shape index (κ1) is 10.7. The van der Waals surface area contributed by atoms with E-state index < -0.39 is 12.0 Å². The van der Waals surface area contributed by atoms with Crippen molar-refractivity contribution >= 4 is 11.9 Å². The molecule has 0 aliphatic carbocycles. The van der Waals surface area contributed by atoms with Crippen LogP contribution >= 0.6 is 0 Å². The number of hydrogen-bond donors (Lipinski definition) is 1. The zero-order chi connectivity index (χ0) is 11.7. The van der Waals surface area contributed by atoms with Gasteiger partial charge in [-0.3, -0.25) is 4.79 Å². The summed E-state index contributed by atoms with van der Waals surface area (Å²) in [5.74, 6) is -1.29. The lowest BCUT2D eigenvalue weighted by Crippen LogP contribution is -2.37. The van der Waals surface area contributed by atoms with Crippen LogP contribution in [0.25, 0.3) is 0 Å². The molecule has 1 aromatic carbocycles. The van der Waals surface area contributed by atoms with Crippen molar-refractivity contribution in [3.05, 3.63) is 35.9 Å². The molecule has 0 radical (unpaired) electrons. The minimum atomic E-state index is -0.942. The summed E-state index contributed by atoms with van der Waals surface area (Å²) in [6, 6.07) is 8.59. The van der Waals surface area contributed by atoms with Gasteiger partial charge in [0.1, 0.15) is 6.04 Å². The first-order valence-electron chi connectivity index (χ1n) is 5.14. The maximum Gasteiger partial charge on any atom is 0.327 e. The third-order valence-corrected chi connectivity index (χ3v) is 3.07. The number of hydrogen-bond acceptors (Lipinski definition) is 2. The Bertz CT molecular complexity index is 416. The Kier molecular flexibility index (Phi) is 2.64. The molecule has 1 amide bonds. The van der Waals surface area contributed by atoms with Crippen molar-refractivity contribution in [2.24, 2.45) is 0 Å². The van der Waals surface area contributed by atoms with Crippen LogP contribution in [-0.4, -0.2) is 35.0 Å². The quantitative estimate of drug-likeness (QED) is 0.809. The summed E-state index contributed by atoms with van der Waals surface area (Å²) < 4.78 is 0. The summed E-state index contributed by atoms with van der Waals surface area (Å²) in [6.45, 7) is 0. The number of nitrogens with zero attached hydrogens (tertiary/aromatic N) is 1. The summed E-state index contributed by atoms with van der Waals surface area (Å²) in [5, 5.41) is 9.14. The first-order chi connectivity index (χ1) is 7.61. The highest BCUT2D eigenvalue weighted by Gasteiger charge is 2.42. The Morgan fingerprint density at radius 3 is 2.56 bits per heavy atom. The molecule has 1 aromatic rings. The first-order valence-corrected chi connectivity index (χ1v) is 5.14. The molecule has 1 heterocycles. The van der Waals surface area contributed by atoms with Crippen LogP contribution in [-0.2, 0) is 9.59 Å². The number of likely N-dealkylation sites (N-methyl/N-ethyl adjacent to an activating group) is 1. The second-order valence-corrected chi connectivity index (χ2v) is 4.01. The fourth-order valence-corrected chi connectivity index (χ4v) is 2.21. The van der Waals surface area contributed by atoms with Crippen molar-refractivity contribution in [1.29, 1.82) is 0 Å². The van der Waals surface area contributed by atoms with E-state index in [9.17, 15) is 9.59 Å². The fraction of sp³-hybridized carbons (Fsp3) is 0.333. The van der Waals surface area contributed by atoms with Gasteiger partial charge in [0, 0.05) is 19.4 Å². The van der Waals surface area contributed by atoms with Gasteiger partial charge in [-0.05, 0) is 5.56 Å². The van der Waals surface area contributed by atoms with Crippen molar-refractivity contribution in [2.75, 3.05) is 7.05 Å². The van der Waals surface area contributed by atoms with E-state index in [2.05, 4.69) is 0 Å². The molecular formula is C12H13NO3. The van der Waals surface area contributed by atoms with Gasteiger partial charge >= 0.3 is 5.97 Å². The lowest BCUT2D eigenvalue weighted by atomic mass is 9.92. The van der Waals surface area contributed by atoms with Gasteiger partial charge in [0.05, 0.1) is 0 Å². The van der Waals surface area contributed by atoms with E-state index in [-0.39, 0.29) is 18.2 Å². The molecule has 1 saturated heterocycles. The minimum absolute atomic E-state index is 0.110. The Morgan fingerprint density at radius 1 is 1.38 bits per heavy atom. The number of carboxylic acid groups (broad SMARTS) is 1. The second-order valence-electron chi connectivity index (χ2n) is 4.01. The Balaban J connectivity index is 2.34. The fourth-order valence-electron chi connectivity index (χ4n) is 2.21. The van der Waals surface area contributed by atoms with E-state index in [0.29, 0.717) is 0 Å². The lowest BCUT2D eigenvalue weighted by molar-refractivity contribution is -0.145. The van der Waals surface area contributed by atoms with E-state index in [4.69, 9.17) is 5.11 Å². The summed E-state index contributed by atoms with van der Waals surface area (Å²) in [7, 11) is 1.55. The molecule has 1 fully saturated rings. The maximum absolute atomic E-state index is 11.5. The smallest absolute Gasteiger partial charge is 0.327 e. The highest BCUT2D eigenvalue weighted by molar-refractivity contribution is 5.89. The average Bonchev–Trinajstić information content (AvgIpc) is 2.57. The maximum atomic E-state index is 11.5. The summed E-state index contributed by atoms with van der Waals surface area (Å²) >= 11 is 0. The van der Waals surface area contributed by atoms with Gasteiger partial charge in [-0.2, -0.15) is 0 Å². The van der Waals surface area contributed by atoms with Crippen LogP contribution in [0.15, 0.2) is 30.3 Å². The Morgan fingerprint density at radius 2 is 2.00 bits per heavy atom. The normalized spacial score (nSPS) is 24.8. The van der Waals surface area contributed by atoms with E-state index in [1.165, 1.54) is 4.90 Å². The van der Waals surface area contributed by atoms with Gasteiger partial charge in [-0.1, -0.05) is 30.3 Å². The number of carbonyl (C=O) groups excluding carboxylic acids is 1. The summed E-state index contributed by atoms with van der Waals surface area (Å²) in [4.78, 5) is 24.0. The number of likely N-dealkylation sites (tertiary alicyclic amines) is 1. The van der Waals surface area contributed by atoms with Crippen molar-refractivity contribution in [3.8, 4) is 0 Å². The number of carbonyl (C=O) groups is 2. The lowest BCUT2D eigenvalue weighted by Gasteiger charge is -2.20. The van der Waals surface area contributed by atoms with E-state index >= 15 is 0 Å². The summed E-state index contributed by atoms with van der Waals surface area (Å²) in [6.07, 6.45) is 0.275. The average molecular weight is 219 g/mol. The highest BCUT2D eigenvalue weighted by atomic mass is 16.4. The molecule has 4 heteroatoms. The summed E-state index contributed by atoms with van der Waals surface area (Å²) in [5.41, 5.74) is 0.910. The van der Waals surface area contributed by atoms with Gasteiger partial charge in [-0.25, -0.2) is 4.79 Å². The van der Waals surface area contributed by atoms with Crippen LogP contribution in [0.1, 0.15) is 17.9 Å². The van der Waals surface area contributed by atoms with Crippen LogP contribution < -0.4 is 0 Å². The number of benzene rings is 1. The predicted octanol–water partition coefficient (Wildman–Crippen LogP) is 1.09. The van der Waals surface area contributed by atoms with Gasteiger partial charge in [0.2, 0.25) is 5.91 Å². The van der Waals surface area contributed by atoms with Gasteiger partial charge in [0.25, 0.3) is 0 Å². The molecule has 0 bridgehead atoms. The van der Waals surface area contributed by atoms with E-state index in [1.807, 2.05) is 30.3 Å². The molecule has 0 spiro atoms. The topological polar surface area (TPSA) is 57.6 Å². The molecule has 1 aliphatic heterocycles. The van der Waals surface area contributed by atoms with Gasteiger partial charge in [-0.15, -0.1) is 0 Å². The number of aliphatic carboxylic acids is 1. The second kappa shape index (κ2) is 3.96. The van der Waals surface area contributed by atoms with E-state index in [1.54, 1.807) is 7.05 Å². The predicted molar refractivity (Wildman–Crippen MR) is 58.0 cm³/mol. The molecule has 2 rings (SSSR count). The molecule has 0 unspecified atom stereocenters. The molecular weight excluding hydrogens is 206 g/mol. The highest BCUT2D eigenvalue weighted by Crippen LogP contribution is 2.33. The van der Waals surface area contributed by atoms with Crippen LogP contribution in [0.2, 0.25) is 0 Å². The van der Waals surface area contributed by atoms with Crippen LogP contribution in [0.4, 0.5) is 0 Å². The molecule has 1 N–H and O–H groups in total. The zero-order valence-corrected chi connectivity index (χ0v) is 8.96. The van der Waals surface area contributed by atoms with Crippen molar-refractivity contribution in [2.45, 2.75) is 18.4 Å². The Labute approximate surface area is 93.5 Å². The van der Waals surface area contributed by atoms with Gasteiger partial charge in [0.15, 0.2) is 0 Å². The van der Waals surface area contributed by atoms with Crippen molar-refractivity contribution in [3.63, 3.8) is 0 Å². The molecule has 2 atom stereocenters. The SMILES string of the molecule is CN1C(=O)C[C@@H](c2ccccc2)[C@H]1C(=O)O. The molecule has 1 aliphatic rings. The zero-order valence-electron chi connectivity index (χ0n) is 8.96. The van der Waals surface area contributed by atoms with Crippen LogP contribution in [0.3, 0.4) is 0 Å².